The van der Waals surface area contributed by atoms with Crippen LogP contribution in [0.15, 0.2) is 58.1 Å². The standard InChI is InChI=1S/C14H12BrN3O/c15-12-3-1-2-10(8-12)9-17-18-14(19)11-4-6-13(16)7-5-11/h1-9H,16H2,(H,18,19)/b17-9-. The molecule has 2 rings (SSSR count). The number of nitrogens with one attached hydrogen (secondary N) is 1. The summed E-state index contributed by atoms with van der Waals surface area (Å²) >= 11 is 3.37. The highest BCUT2D eigenvalue weighted by atomic mass is 79.9. The molecule has 0 saturated heterocycles. The molecule has 0 bridgehead atoms. The van der Waals surface area contributed by atoms with Gasteiger partial charge in [0.05, 0.1) is 6.21 Å². The number of hydrazone groups is 1. The largest absolute Gasteiger partial charge is 0.399 e. The van der Waals surface area contributed by atoms with E-state index in [2.05, 4.69) is 26.5 Å². The summed E-state index contributed by atoms with van der Waals surface area (Å²) in [5, 5.41) is 3.90. The zero-order valence-electron chi connectivity index (χ0n) is 10.0. The Morgan fingerprint density at radius 2 is 1.95 bits per heavy atom. The van der Waals surface area contributed by atoms with Crippen LogP contribution in [0.5, 0.6) is 0 Å². The lowest BCUT2D eigenvalue weighted by atomic mass is 10.2. The molecule has 0 atom stereocenters. The van der Waals surface area contributed by atoms with Gasteiger partial charge in [0.25, 0.3) is 5.91 Å². The summed E-state index contributed by atoms with van der Waals surface area (Å²) in [6.07, 6.45) is 1.58. The normalized spacial score (nSPS) is 10.6. The van der Waals surface area contributed by atoms with Crippen molar-refractivity contribution in [1.29, 1.82) is 0 Å². The molecule has 0 unspecified atom stereocenters. The summed E-state index contributed by atoms with van der Waals surface area (Å²) in [5.41, 5.74) is 10.0. The van der Waals surface area contributed by atoms with Crippen LogP contribution in [-0.2, 0) is 0 Å². The first-order valence-electron chi connectivity index (χ1n) is 5.59. The molecule has 19 heavy (non-hydrogen) atoms. The number of nitrogen functional groups attached to an aromatic ring is 1. The lowest BCUT2D eigenvalue weighted by Gasteiger charge is -2.00. The molecule has 1 amide bonds. The molecule has 5 heteroatoms. The predicted molar refractivity (Wildman–Crippen MR) is 80.1 cm³/mol. The summed E-state index contributed by atoms with van der Waals surface area (Å²) in [7, 11) is 0. The van der Waals surface area contributed by atoms with Crippen LogP contribution in [0.3, 0.4) is 0 Å². The fourth-order valence-electron chi connectivity index (χ4n) is 1.45. The summed E-state index contributed by atoms with van der Waals surface area (Å²) in [6.45, 7) is 0. The second-order valence-corrected chi connectivity index (χ2v) is 4.79. The van der Waals surface area contributed by atoms with E-state index in [4.69, 9.17) is 5.73 Å². The number of nitrogens with two attached hydrogens (primary N) is 1. The molecule has 0 aliphatic heterocycles. The van der Waals surface area contributed by atoms with Crippen molar-refractivity contribution in [2.45, 2.75) is 0 Å². The topological polar surface area (TPSA) is 67.5 Å². The molecule has 0 fully saturated rings. The maximum absolute atomic E-state index is 11.7. The van der Waals surface area contributed by atoms with Gasteiger partial charge in [-0.15, -0.1) is 0 Å². The fraction of sp³-hybridized carbons (Fsp3) is 0. The first-order chi connectivity index (χ1) is 9.15. The van der Waals surface area contributed by atoms with E-state index >= 15 is 0 Å². The number of anilines is 1. The van der Waals surface area contributed by atoms with Crippen molar-refractivity contribution in [2.24, 2.45) is 5.10 Å². The van der Waals surface area contributed by atoms with Gasteiger partial charge in [0, 0.05) is 15.7 Å². The third kappa shape index (κ3) is 3.93. The second-order valence-electron chi connectivity index (χ2n) is 3.88. The zero-order valence-corrected chi connectivity index (χ0v) is 11.6. The minimum absolute atomic E-state index is 0.272. The highest BCUT2D eigenvalue weighted by Gasteiger charge is 2.02. The van der Waals surface area contributed by atoms with Gasteiger partial charge in [0.2, 0.25) is 0 Å². The van der Waals surface area contributed by atoms with Crippen LogP contribution in [0.1, 0.15) is 15.9 Å². The van der Waals surface area contributed by atoms with Gasteiger partial charge in [0.1, 0.15) is 0 Å². The van der Waals surface area contributed by atoms with Crippen LogP contribution in [0, 0.1) is 0 Å². The number of carbonyl (C=O) groups excluding carboxylic acids is 1. The third-order valence-corrected chi connectivity index (χ3v) is 2.89. The molecule has 4 nitrogen and oxygen atoms in total. The SMILES string of the molecule is Nc1ccc(C(=O)N/N=C\c2cccc(Br)c2)cc1. The van der Waals surface area contributed by atoms with Gasteiger partial charge in [-0.25, -0.2) is 5.43 Å². The van der Waals surface area contributed by atoms with Crippen molar-refractivity contribution in [3.63, 3.8) is 0 Å². The fourth-order valence-corrected chi connectivity index (χ4v) is 1.87. The Morgan fingerprint density at radius 3 is 2.63 bits per heavy atom. The predicted octanol–water partition coefficient (Wildman–Crippen LogP) is 2.80. The Labute approximate surface area is 119 Å². The van der Waals surface area contributed by atoms with Gasteiger partial charge < -0.3 is 5.73 Å². The van der Waals surface area contributed by atoms with Crippen molar-refractivity contribution in [3.05, 3.63) is 64.1 Å². The van der Waals surface area contributed by atoms with Gasteiger partial charge in [-0.3, -0.25) is 4.79 Å². The molecule has 0 spiro atoms. The Morgan fingerprint density at radius 1 is 1.21 bits per heavy atom. The molecule has 2 aromatic carbocycles. The van der Waals surface area contributed by atoms with E-state index in [1.165, 1.54) is 0 Å². The van der Waals surface area contributed by atoms with E-state index in [1.807, 2.05) is 24.3 Å². The molecule has 96 valence electrons. The van der Waals surface area contributed by atoms with Crippen molar-refractivity contribution in [2.75, 3.05) is 5.73 Å². The van der Waals surface area contributed by atoms with Crippen LogP contribution in [0.2, 0.25) is 0 Å². The number of nitrogens with zero attached hydrogens (tertiary/aromatic N) is 1. The molecule has 3 N–H and O–H groups in total. The number of halogens is 1. The van der Waals surface area contributed by atoms with Crippen LogP contribution >= 0.6 is 15.9 Å². The Bertz CT molecular complexity index is 608. The minimum Gasteiger partial charge on any atom is -0.399 e. The van der Waals surface area contributed by atoms with Gasteiger partial charge in [-0.1, -0.05) is 28.1 Å². The lowest BCUT2D eigenvalue weighted by Crippen LogP contribution is -2.17. The maximum atomic E-state index is 11.7. The van der Waals surface area contributed by atoms with Gasteiger partial charge in [0.15, 0.2) is 0 Å². The Balaban J connectivity index is 1.98. The van der Waals surface area contributed by atoms with Gasteiger partial charge in [-0.2, -0.15) is 5.10 Å². The van der Waals surface area contributed by atoms with E-state index in [1.54, 1.807) is 30.5 Å². The van der Waals surface area contributed by atoms with Crippen LogP contribution in [-0.4, -0.2) is 12.1 Å². The van der Waals surface area contributed by atoms with Gasteiger partial charge in [-0.05, 0) is 42.0 Å². The average molecular weight is 318 g/mol. The summed E-state index contributed by atoms with van der Waals surface area (Å²) in [4.78, 5) is 11.7. The van der Waals surface area contributed by atoms with Crippen LogP contribution < -0.4 is 11.2 Å². The highest BCUT2D eigenvalue weighted by molar-refractivity contribution is 9.10. The molecule has 0 heterocycles. The number of amides is 1. The first kappa shape index (κ1) is 13.3. The number of hydrogen-bond acceptors (Lipinski definition) is 3. The molecule has 0 saturated carbocycles. The first-order valence-corrected chi connectivity index (χ1v) is 6.39. The molecule has 0 aromatic heterocycles. The molecule has 0 radical (unpaired) electrons. The second kappa shape index (κ2) is 6.15. The summed E-state index contributed by atoms with van der Waals surface area (Å²) in [6, 6.07) is 14.3. The van der Waals surface area contributed by atoms with Crippen molar-refractivity contribution in [1.82, 2.24) is 5.43 Å². The van der Waals surface area contributed by atoms with Gasteiger partial charge >= 0.3 is 0 Å². The van der Waals surface area contributed by atoms with E-state index in [-0.39, 0.29) is 5.91 Å². The van der Waals surface area contributed by atoms with Crippen LogP contribution in [0.4, 0.5) is 5.69 Å². The molecular weight excluding hydrogens is 306 g/mol. The molecule has 0 aliphatic carbocycles. The number of hydrogen-bond donors (Lipinski definition) is 2. The number of rotatable bonds is 3. The van der Waals surface area contributed by atoms with Crippen LogP contribution in [0.25, 0.3) is 0 Å². The third-order valence-electron chi connectivity index (χ3n) is 2.40. The van der Waals surface area contributed by atoms with Crippen molar-refractivity contribution in [3.8, 4) is 0 Å². The lowest BCUT2D eigenvalue weighted by molar-refractivity contribution is 0.0955. The van der Waals surface area contributed by atoms with Crippen molar-refractivity contribution >= 4 is 33.7 Å². The minimum atomic E-state index is -0.272. The average Bonchev–Trinajstić information content (AvgIpc) is 2.39. The Kier molecular flexibility index (Phi) is 4.30. The number of benzene rings is 2. The summed E-state index contributed by atoms with van der Waals surface area (Å²) in [5.74, 6) is -0.272. The van der Waals surface area contributed by atoms with E-state index in [0.717, 1.165) is 10.0 Å². The highest BCUT2D eigenvalue weighted by Crippen LogP contribution is 2.10. The maximum Gasteiger partial charge on any atom is 0.271 e. The molecule has 2 aromatic rings. The van der Waals surface area contributed by atoms with E-state index < -0.39 is 0 Å². The van der Waals surface area contributed by atoms with E-state index in [0.29, 0.717) is 11.3 Å². The van der Waals surface area contributed by atoms with Crippen molar-refractivity contribution < 1.29 is 4.79 Å². The summed E-state index contributed by atoms with van der Waals surface area (Å²) < 4.78 is 0.960. The zero-order chi connectivity index (χ0) is 13.7. The molecule has 0 aliphatic rings. The quantitative estimate of drug-likeness (QED) is 0.519. The number of carbonyl (C=O) groups is 1. The monoisotopic (exact) mass is 317 g/mol. The smallest absolute Gasteiger partial charge is 0.271 e. The molecular formula is C14H12BrN3O. The van der Waals surface area contributed by atoms with E-state index in [9.17, 15) is 4.79 Å². The Hall–Kier alpha value is -2.14.